The van der Waals surface area contributed by atoms with Crippen molar-refractivity contribution >= 4 is 5.91 Å². The highest BCUT2D eigenvalue weighted by Crippen LogP contribution is 2.11. The van der Waals surface area contributed by atoms with Gasteiger partial charge in [-0.05, 0) is 6.92 Å². The Morgan fingerprint density at radius 3 is 2.63 bits per heavy atom. The second kappa shape index (κ2) is 6.58. The molecular formula is C12H21F2N3O2. The van der Waals surface area contributed by atoms with E-state index in [4.69, 9.17) is 4.74 Å². The quantitative estimate of drug-likeness (QED) is 0.774. The molecule has 0 spiro atoms. The summed E-state index contributed by atoms with van der Waals surface area (Å²) in [5.74, 6) is 0.0175. The molecule has 0 aromatic carbocycles. The van der Waals surface area contributed by atoms with Crippen LogP contribution in [-0.2, 0) is 9.53 Å². The Kier molecular flexibility index (Phi) is 5.06. The number of ether oxygens (including phenoxy) is 1. The van der Waals surface area contributed by atoms with E-state index in [1.165, 1.54) is 0 Å². The summed E-state index contributed by atoms with van der Waals surface area (Å²) < 4.78 is 30.0. The normalized spacial score (nSPS) is 29.8. The van der Waals surface area contributed by atoms with Crippen LogP contribution in [0.25, 0.3) is 0 Å². The van der Waals surface area contributed by atoms with Gasteiger partial charge in [-0.1, -0.05) is 0 Å². The number of piperazine rings is 1. The van der Waals surface area contributed by atoms with E-state index >= 15 is 0 Å². The van der Waals surface area contributed by atoms with Crippen LogP contribution in [0.4, 0.5) is 8.78 Å². The molecule has 0 aromatic heterocycles. The third-order valence-electron chi connectivity index (χ3n) is 3.66. The minimum atomic E-state index is -2.31. The second-order valence-electron chi connectivity index (χ2n) is 5.02. The summed E-state index contributed by atoms with van der Waals surface area (Å²) in [4.78, 5) is 15.7. The van der Waals surface area contributed by atoms with Gasteiger partial charge in [0.05, 0.1) is 19.3 Å². The fourth-order valence-corrected chi connectivity index (χ4v) is 2.55. The van der Waals surface area contributed by atoms with Crippen molar-refractivity contribution in [1.82, 2.24) is 15.1 Å². The van der Waals surface area contributed by atoms with Crippen LogP contribution in [0.2, 0.25) is 0 Å². The Morgan fingerprint density at radius 1 is 1.37 bits per heavy atom. The fourth-order valence-electron chi connectivity index (χ4n) is 2.55. The molecule has 2 atom stereocenters. The van der Waals surface area contributed by atoms with Crippen molar-refractivity contribution in [3.8, 4) is 0 Å². The van der Waals surface area contributed by atoms with Crippen molar-refractivity contribution in [3.63, 3.8) is 0 Å². The number of nitrogens with one attached hydrogen (secondary N) is 1. The van der Waals surface area contributed by atoms with Crippen molar-refractivity contribution < 1.29 is 18.3 Å². The molecule has 0 aromatic rings. The van der Waals surface area contributed by atoms with Gasteiger partial charge < -0.3 is 15.0 Å². The van der Waals surface area contributed by atoms with Crippen LogP contribution in [-0.4, -0.2) is 80.2 Å². The number of alkyl halides is 2. The lowest BCUT2D eigenvalue weighted by atomic mass is 10.1. The van der Waals surface area contributed by atoms with Crippen molar-refractivity contribution in [2.45, 2.75) is 25.5 Å². The smallest absolute Gasteiger partial charge is 0.251 e. The number of hydrogen-bond acceptors (Lipinski definition) is 4. The average molecular weight is 277 g/mol. The minimum absolute atomic E-state index is 0.0175. The first kappa shape index (κ1) is 14.6. The molecule has 0 bridgehead atoms. The standard InChI is InChI=1S/C12H21F2N3O2/c1-9-11(15-2-7-19-9)12(18)17-5-3-16(4-6-17)8-10(13)14/h9-11,15H,2-8H2,1H3/t9-,11+/m1/s1. The summed E-state index contributed by atoms with van der Waals surface area (Å²) in [6.07, 6.45) is -2.45. The number of carbonyl (C=O) groups excluding carboxylic acids is 1. The molecule has 2 heterocycles. The zero-order chi connectivity index (χ0) is 13.8. The molecule has 0 saturated carbocycles. The number of halogens is 2. The van der Waals surface area contributed by atoms with Crippen LogP contribution < -0.4 is 5.32 Å². The lowest BCUT2D eigenvalue weighted by molar-refractivity contribution is -0.141. The molecule has 2 fully saturated rings. The summed E-state index contributed by atoms with van der Waals surface area (Å²) in [6, 6.07) is -0.310. The first-order valence-electron chi connectivity index (χ1n) is 6.72. The predicted octanol–water partition coefficient (Wildman–Crippen LogP) is -0.227. The first-order valence-corrected chi connectivity index (χ1v) is 6.72. The van der Waals surface area contributed by atoms with Crippen LogP contribution >= 0.6 is 0 Å². The van der Waals surface area contributed by atoms with Crippen LogP contribution in [0.3, 0.4) is 0 Å². The summed E-state index contributed by atoms with van der Waals surface area (Å²) >= 11 is 0. The molecule has 2 aliphatic rings. The Labute approximate surface area is 111 Å². The Morgan fingerprint density at radius 2 is 2.05 bits per heavy atom. The van der Waals surface area contributed by atoms with Gasteiger partial charge in [0.2, 0.25) is 5.91 Å². The van der Waals surface area contributed by atoms with Crippen LogP contribution in [0.15, 0.2) is 0 Å². The van der Waals surface area contributed by atoms with E-state index in [0.717, 1.165) is 0 Å². The van der Waals surface area contributed by atoms with E-state index in [0.29, 0.717) is 39.3 Å². The Bertz CT molecular complexity index is 309. The van der Waals surface area contributed by atoms with Gasteiger partial charge in [0.15, 0.2) is 0 Å². The maximum Gasteiger partial charge on any atom is 0.251 e. The fraction of sp³-hybridized carbons (Fsp3) is 0.917. The Balaban J connectivity index is 1.81. The molecule has 2 saturated heterocycles. The summed E-state index contributed by atoms with van der Waals surface area (Å²) in [5.41, 5.74) is 0. The maximum absolute atomic E-state index is 12.3. The van der Waals surface area contributed by atoms with Gasteiger partial charge in [0, 0.05) is 32.7 Å². The zero-order valence-electron chi connectivity index (χ0n) is 11.1. The highest BCUT2D eigenvalue weighted by molar-refractivity contribution is 5.82. The van der Waals surface area contributed by atoms with Gasteiger partial charge in [-0.25, -0.2) is 8.78 Å². The van der Waals surface area contributed by atoms with Crippen molar-refractivity contribution in [1.29, 1.82) is 0 Å². The van der Waals surface area contributed by atoms with Crippen LogP contribution in [0.1, 0.15) is 6.92 Å². The minimum Gasteiger partial charge on any atom is -0.375 e. The molecule has 1 N–H and O–H groups in total. The van der Waals surface area contributed by atoms with E-state index in [1.54, 1.807) is 9.80 Å². The molecule has 0 unspecified atom stereocenters. The van der Waals surface area contributed by atoms with Gasteiger partial charge in [0.1, 0.15) is 6.04 Å². The number of morpholine rings is 1. The highest BCUT2D eigenvalue weighted by Gasteiger charge is 2.33. The van der Waals surface area contributed by atoms with E-state index < -0.39 is 6.43 Å². The number of carbonyl (C=O) groups is 1. The molecule has 2 aliphatic heterocycles. The summed E-state index contributed by atoms with van der Waals surface area (Å²) in [5, 5.41) is 3.16. The third kappa shape index (κ3) is 3.84. The van der Waals surface area contributed by atoms with Gasteiger partial charge in [0.25, 0.3) is 6.43 Å². The van der Waals surface area contributed by atoms with E-state index in [1.807, 2.05) is 6.92 Å². The maximum atomic E-state index is 12.3. The lowest BCUT2D eigenvalue weighted by Gasteiger charge is -2.38. The summed E-state index contributed by atoms with van der Waals surface area (Å²) in [7, 11) is 0. The number of nitrogens with zero attached hydrogens (tertiary/aromatic N) is 2. The monoisotopic (exact) mass is 277 g/mol. The molecule has 5 nitrogen and oxygen atoms in total. The summed E-state index contributed by atoms with van der Waals surface area (Å²) in [6.45, 7) is 5.01. The predicted molar refractivity (Wildman–Crippen MR) is 66.2 cm³/mol. The number of hydrogen-bond donors (Lipinski definition) is 1. The van der Waals surface area contributed by atoms with Crippen LogP contribution in [0, 0.1) is 0 Å². The van der Waals surface area contributed by atoms with E-state index in [2.05, 4.69) is 5.32 Å². The molecule has 110 valence electrons. The lowest BCUT2D eigenvalue weighted by Crippen LogP contribution is -2.59. The number of amides is 1. The van der Waals surface area contributed by atoms with Crippen molar-refractivity contribution in [2.24, 2.45) is 0 Å². The number of rotatable bonds is 3. The third-order valence-corrected chi connectivity index (χ3v) is 3.66. The molecule has 19 heavy (non-hydrogen) atoms. The van der Waals surface area contributed by atoms with Gasteiger partial charge in [-0.15, -0.1) is 0 Å². The molecule has 0 radical (unpaired) electrons. The van der Waals surface area contributed by atoms with E-state index in [9.17, 15) is 13.6 Å². The highest BCUT2D eigenvalue weighted by atomic mass is 19.3. The largest absolute Gasteiger partial charge is 0.375 e. The van der Waals surface area contributed by atoms with Crippen molar-refractivity contribution in [2.75, 3.05) is 45.9 Å². The first-order chi connectivity index (χ1) is 9.08. The van der Waals surface area contributed by atoms with Gasteiger partial charge in [-0.2, -0.15) is 0 Å². The van der Waals surface area contributed by atoms with Crippen LogP contribution in [0.5, 0.6) is 0 Å². The topological polar surface area (TPSA) is 44.8 Å². The molecule has 1 amide bonds. The SMILES string of the molecule is C[C@H]1OCCN[C@@H]1C(=O)N1CCN(CC(F)F)CC1. The molecular weight excluding hydrogens is 256 g/mol. The molecule has 2 rings (SSSR count). The van der Waals surface area contributed by atoms with Gasteiger partial charge in [-0.3, -0.25) is 9.69 Å². The van der Waals surface area contributed by atoms with E-state index in [-0.39, 0.29) is 24.6 Å². The molecule has 7 heteroatoms. The zero-order valence-corrected chi connectivity index (χ0v) is 11.1. The second-order valence-corrected chi connectivity index (χ2v) is 5.02. The average Bonchev–Trinajstić information content (AvgIpc) is 2.39. The molecule has 0 aliphatic carbocycles. The van der Waals surface area contributed by atoms with Crippen molar-refractivity contribution in [3.05, 3.63) is 0 Å². The Hall–Kier alpha value is -0.790. The van der Waals surface area contributed by atoms with Gasteiger partial charge >= 0.3 is 0 Å².